The van der Waals surface area contributed by atoms with Gasteiger partial charge in [-0.2, -0.15) is 0 Å². The van der Waals surface area contributed by atoms with Crippen molar-refractivity contribution in [2.24, 2.45) is 4.99 Å². The maximum absolute atomic E-state index is 9.69. The molecule has 2 atom stereocenters. The number of halogens is 1. The first-order valence-electron chi connectivity index (χ1n) is 7.39. The predicted molar refractivity (Wildman–Crippen MR) is 98.4 cm³/mol. The summed E-state index contributed by atoms with van der Waals surface area (Å²) in [6.07, 6.45) is 2.91. The molecule has 0 spiro atoms. The molecule has 0 aliphatic heterocycles. The number of hydrogen-bond acceptors (Lipinski definition) is 2. The van der Waals surface area contributed by atoms with E-state index in [-0.39, 0.29) is 36.0 Å². The van der Waals surface area contributed by atoms with Crippen LogP contribution in [-0.4, -0.2) is 36.8 Å². The van der Waals surface area contributed by atoms with Crippen molar-refractivity contribution in [2.75, 3.05) is 13.6 Å². The summed E-state index contributed by atoms with van der Waals surface area (Å²) in [6.45, 7) is 2.62. The van der Waals surface area contributed by atoms with E-state index >= 15 is 0 Å². The molecule has 0 amide bonds. The van der Waals surface area contributed by atoms with E-state index in [2.05, 4.69) is 27.8 Å². The number of rotatable bonds is 6. The Balaban J connectivity index is 0.00000220. The molecule has 1 aliphatic rings. The average Bonchev–Trinajstić information content (AvgIpc) is 3.26. The van der Waals surface area contributed by atoms with Crippen molar-refractivity contribution in [2.45, 2.75) is 44.2 Å². The first-order chi connectivity index (χ1) is 9.69. The van der Waals surface area contributed by atoms with Gasteiger partial charge in [0.1, 0.15) is 0 Å². The highest BCUT2D eigenvalue weighted by atomic mass is 127. The van der Waals surface area contributed by atoms with E-state index in [9.17, 15) is 5.11 Å². The van der Waals surface area contributed by atoms with Crippen molar-refractivity contribution in [3.63, 3.8) is 0 Å². The maximum Gasteiger partial charge on any atom is 0.191 e. The lowest BCUT2D eigenvalue weighted by atomic mass is 9.93. The van der Waals surface area contributed by atoms with Gasteiger partial charge in [0.2, 0.25) is 0 Å². The molecule has 0 aromatic heterocycles. The van der Waals surface area contributed by atoms with Gasteiger partial charge in [-0.3, -0.25) is 4.99 Å². The second kappa shape index (κ2) is 9.25. The van der Waals surface area contributed by atoms with Gasteiger partial charge in [-0.15, -0.1) is 24.0 Å². The summed E-state index contributed by atoms with van der Waals surface area (Å²) in [5.74, 6) is 1.15. The van der Waals surface area contributed by atoms with Crippen LogP contribution in [0.15, 0.2) is 35.3 Å². The first-order valence-corrected chi connectivity index (χ1v) is 7.39. The van der Waals surface area contributed by atoms with E-state index < -0.39 is 0 Å². The van der Waals surface area contributed by atoms with Crippen LogP contribution in [-0.2, 0) is 0 Å². The van der Waals surface area contributed by atoms with Gasteiger partial charge in [-0.25, -0.2) is 0 Å². The van der Waals surface area contributed by atoms with E-state index in [0.717, 1.165) is 18.9 Å². The molecule has 5 heteroatoms. The smallest absolute Gasteiger partial charge is 0.191 e. The molecule has 4 nitrogen and oxygen atoms in total. The number of hydrogen-bond donors (Lipinski definition) is 3. The zero-order chi connectivity index (χ0) is 14.4. The monoisotopic (exact) mass is 403 g/mol. The van der Waals surface area contributed by atoms with Crippen LogP contribution in [0.4, 0.5) is 0 Å². The highest BCUT2D eigenvalue weighted by Gasteiger charge is 2.22. The molecule has 118 valence electrons. The van der Waals surface area contributed by atoms with Crippen LogP contribution in [0, 0.1) is 0 Å². The zero-order valence-corrected chi connectivity index (χ0v) is 15.1. The highest BCUT2D eigenvalue weighted by Crippen LogP contribution is 2.21. The molecule has 1 fully saturated rings. The van der Waals surface area contributed by atoms with Crippen LogP contribution in [0.1, 0.15) is 37.7 Å². The lowest BCUT2D eigenvalue weighted by molar-refractivity contribution is 0.174. The fourth-order valence-electron chi connectivity index (χ4n) is 2.31. The number of nitrogens with zero attached hydrogens (tertiary/aromatic N) is 1. The van der Waals surface area contributed by atoms with Gasteiger partial charge in [0.25, 0.3) is 0 Å². The normalized spacial score (nSPS) is 17.6. The van der Waals surface area contributed by atoms with Crippen molar-refractivity contribution in [3.8, 4) is 0 Å². The van der Waals surface area contributed by atoms with Gasteiger partial charge in [0, 0.05) is 25.6 Å². The molecule has 1 aliphatic carbocycles. The van der Waals surface area contributed by atoms with Crippen molar-refractivity contribution in [1.82, 2.24) is 10.6 Å². The molecule has 2 unspecified atom stereocenters. The number of nitrogens with one attached hydrogen (secondary N) is 2. The Morgan fingerprint density at radius 3 is 2.52 bits per heavy atom. The molecule has 0 radical (unpaired) electrons. The molecule has 21 heavy (non-hydrogen) atoms. The molecular weight excluding hydrogens is 377 g/mol. The van der Waals surface area contributed by atoms with Gasteiger partial charge in [0.15, 0.2) is 5.96 Å². The fraction of sp³-hybridized carbons (Fsp3) is 0.562. The molecule has 3 N–H and O–H groups in total. The summed E-state index contributed by atoms with van der Waals surface area (Å²) < 4.78 is 0. The number of aliphatic hydroxyl groups is 1. The quantitative estimate of drug-likeness (QED) is 0.389. The van der Waals surface area contributed by atoms with Crippen molar-refractivity contribution >= 4 is 29.9 Å². The van der Waals surface area contributed by atoms with Crippen LogP contribution in [0.5, 0.6) is 0 Å². The van der Waals surface area contributed by atoms with E-state index in [1.807, 2.05) is 25.1 Å². The second-order valence-corrected chi connectivity index (χ2v) is 5.56. The Bertz CT molecular complexity index is 432. The Morgan fingerprint density at radius 1 is 1.33 bits per heavy atom. The summed E-state index contributed by atoms with van der Waals surface area (Å²) >= 11 is 0. The molecular formula is C16H26IN3O. The van der Waals surface area contributed by atoms with E-state index in [4.69, 9.17) is 0 Å². The third kappa shape index (κ3) is 6.65. The summed E-state index contributed by atoms with van der Waals surface area (Å²) in [5.41, 5.74) is 1.25. The molecule has 2 rings (SSSR count). The van der Waals surface area contributed by atoms with Crippen LogP contribution in [0.25, 0.3) is 0 Å². The third-order valence-corrected chi connectivity index (χ3v) is 3.55. The van der Waals surface area contributed by atoms with E-state index in [0.29, 0.717) is 6.04 Å². The summed E-state index contributed by atoms with van der Waals surface area (Å²) in [6, 6.07) is 10.9. The molecule has 1 saturated carbocycles. The second-order valence-electron chi connectivity index (χ2n) is 5.56. The predicted octanol–water partition coefficient (Wildman–Crippen LogP) is 2.49. The minimum atomic E-state index is -0.305. The highest BCUT2D eigenvalue weighted by molar-refractivity contribution is 14.0. The number of aliphatic imine (C=N–C) groups is 1. The minimum Gasteiger partial charge on any atom is -0.393 e. The fourth-order valence-corrected chi connectivity index (χ4v) is 2.31. The molecule has 1 aromatic carbocycles. The van der Waals surface area contributed by atoms with Gasteiger partial charge >= 0.3 is 0 Å². The lowest BCUT2D eigenvalue weighted by Gasteiger charge is -2.21. The van der Waals surface area contributed by atoms with Gasteiger partial charge < -0.3 is 15.7 Å². The summed E-state index contributed by atoms with van der Waals surface area (Å²) in [5, 5.41) is 16.4. The SMILES string of the molecule is CN=C(NCC(CC(C)O)c1ccccc1)NC1CC1.I. The van der Waals surface area contributed by atoms with Crippen LogP contribution in [0.3, 0.4) is 0 Å². The Hall–Kier alpha value is -0.820. The summed E-state index contributed by atoms with van der Waals surface area (Å²) in [4.78, 5) is 4.24. The number of benzene rings is 1. The van der Waals surface area contributed by atoms with Crippen LogP contribution in [0.2, 0.25) is 0 Å². The average molecular weight is 403 g/mol. The third-order valence-electron chi connectivity index (χ3n) is 3.55. The molecule has 1 aromatic rings. The van der Waals surface area contributed by atoms with Crippen LogP contribution < -0.4 is 10.6 Å². The van der Waals surface area contributed by atoms with Crippen LogP contribution >= 0.6 is 24.0 Å². The van der Waals surface area contributed by atoms with Gasteiger partial charge in [-0.1, -0.05) is 30.3 Å². The Kier molecular flexibility index (Phi) is 8.03. The van der Waals surface area contributed by atoms with E-state index in [1.54, 1.807) is 7.05 Å². The zero-order valence-electron chi connectivity index (χ0n) is 12.7. The van der Waals surface area contributed by atoms with Gasteiger partial charge in [-0.05, 0) is 31.7 Å². The van der Waals surface area contributed by atoms with Crippen molar-refractivity contribution in [3.05, 3.63) is 35.9 Å². The number of aliphatic hydroxyl groups excluding tert-OH is 1. The Labute approximate surface area is 144 Å². The molecule has 0 bridgehead atoms. The maximum atomic E-state index is 9.69. The van der Waals surface area contributed by atoms with E-state index in [1.165, 1.54) is 18.4 Å². The van der Waals surface area contributed by atoms with Crippen molar-refractivity contribution in [1.29, 1.82) is 0 Å². The Morgan fingerprint density at radius 2 is 2.00 bits per heavy atom. The van der Waals surface area contributed by atoms with Gasteiger partial charge in [0.05, 0.1) is 6.10 Å². The molecule has 0 heterocycles. The van der Waals surface area contributed by atoms with Crippen molar-refractivity contribution < 1.29 is 5.11 Å². The lowest BCUT2D eigenvalue weighted by Crippen LogP contribution is -2.40. The largest absolute Gasteiger partial charge is 0.393 e. The minimum absolute atomic E-state index is 0. The first kappa shape index (κ1) is 18.2. The standard InChI is InChI=1S/C16H25N3O.HI/c1-12(20)10-14(13-6-4-3-5-7-13)11-18-16(17-2)19-15-8-9-15;/h3-7,12,14-15,20H,8-11H2,1-2H3,(H2,17,18,19);1H. The summed E-state index contributed by atoms with van der Waals surface area (Å²) in [7, 11) is 1.80. The molecule has 0 saturated heterocycles. The topological polar surface area (TPSA) is 56.7 Å². The number of guanidine groups is 1.